The first-order valence-electron chi connectivity index (χ1n) is 12.0. The molecule has 1 fully saturated rings. The maximum Gasteiger partial charge on any atom is 0.164 e. The summed E-state index contributed by atoms with van der Waals surface area (Å²) in [5.74, 6) is 0.857. The Kier molecular flexibility index (Phi) is 6.19. The molecule has 5 heteroatoms. The predicted octanol–water partition coefficient (Wildman–Crippen LogP) is 5.97. The highest BCUT2D eigenvalue weighted by Gasteiger charge is 2.54. The number of hydrogen-bond donors (Lipinski definition) is 4. The van der Waals surface area contributed by atoms with Gasteiger partial charge in [-0.15, -0.1) is 0 Å². The van der Waals surface area contributed by atoms with Crippen molar-refractivity contribution in [3.63, 3.8) is 0 Å². The van der Waals surface area contributed by atoms with Crippen LogP contribution in [-0.4, -0.2) is 32.1 Å². The molecule has 2 aliphatic rings. The number of aliphatic hydroxyl groups is 1. The molecule has 3 atom stereocenters. The average molecular weight is 465 g/mol. The van der Waals surface area contributed by atoms with Crippen molar-refractivity contribution in [3.05, 3.63) is 58.2 Å². The Bertz CT molecular complexity index is 1130. The van der Waals surface area contributed by atoms with Crippen LogP contribution >= 0.6 is 0 Å². The van der Waals surface area contributed by atoms with Gasteiger partial charge in [0.25, 0.3) is 0 Å². The molecule has 1 saturated carbocycles. The van der Waals surface area contributed by atoms with Crippen molar-refractivity contribution >= 4 is 12.2 Å². The number of benzene rings is 2. The topological polar surface area (TPSA) is 90.2 Å². The Morgan fingerprint density at radius 2 is 1.56 bits per heavy atom. The fourth-order valence-corrected chi connectivity index (χ4v) is 5.57. The molecule has 5 nitrogen and oxygen atoms in total. The second-order valence-electron chi connectivity index (χ2n) is 10.9. The summed E-state index contributed by atoms with van der Waals surface area (Å²) in [6.07, 6.45) is 7.83. The van der Waals surface area contributed by atoms with Gasteiger partial charge in [0.05, 0.1) is 6.10 Å². The molecule has 0 amide bonds. The van der Waals surface area contributed by atoms with Crippen molar-refractivity contribution in [2.45, 2.75) is 72.0 Å². The van der Waals surface area contributed by atoms with Gasteiger partial charge in [0.2, 0.25) is 0 Å². The fraction of sp³-hybridized carbons (Fsp3) is 0.448. The van der Waals surface area contributed by atoms with Crippen LogP contribution in [0, 0.1) is 11.3 Å². The van der Waals surface area contributed by atoms with Crippen LogP contribution in [-0.2, 0) is 12.8 Å². The van der Waals surface area contributed by atoms with Crippen LogP contribution in [0.25, 0.3) is 12.2 Å². The summed E-state index contributed by atoms with van der Waals surface area (Å²) >= 11 is 0. The highest BCUT2D eigenvalue weighted by Crippen LogP contribution is 2.54. The Hall–Kier alpha value is -2.92. The first-order valence-corrected chi connectivity index (χ1v) is 12.0. The highest BCUT2D eigenvalue weighted by atomic mass is 16.5. The van der Waals surface area contributed by atoms with Gasteiger partial charge >= 0.3 is 0 Å². The van der Waals surface area contributed by atoms with Crippen molar-refractivity contribution in [3.8, 4) is 23.0 Å². The second kappa shape index (κ2) is 8.70. The zero-order valence-electron chi connectivity index (χ0n) is 20.7. The summed E-state index contributed by atoms with van der Waals surface area (Å²) in [7, 11) is 0. The van der Waals surface area contributed by atoms with E-state index in [1.807, 2.05) is 32.1 Å². The van der Waals surface area contributed by atoms with Crippen molar-refractivity contribution in [1.29, 1.82) is 0 Å². The number of phenols is 3. The SMILES string of the molecule is CC(C)=CCc1c(O)cc(/C=C/c2cc(O)c3c(c2)C[C@@H]2C(C)(C)[C@H](O)CC[C@@]2(C)O3)cc1O. The Morgan fingerprint density at radius 3 is 2.18 bits per heavy atom. The molecule has 1 aliphatic carbocycles. The maximum absolute atomic E-state index is 10.8. The van der Waals surface area contributed by atoms with Gasteiger partial charge in [-0.2, -0.15) is 0 Å². The number of allylic oxidation sites excluding steroid dienone is 2. The Morgan fingerprint density at radius 1 is 0.971 bits per heavy atom. The van der Waals surface area contributed by atoms with Gasteiger partial charge in [0, 0.05) is 11.5 Å². The molecular weight excluding hydrogens is 428 g/mol. The molecule has 1 heterocycles. The van der Waals surface area contributed by atoms with E-state index in [1.54, 1.807) is 24.3 Å². The van der Waals surface area contributed by atoms with Gasteiger partial charge in [0.1, 0.15) is 17.1 Å². The number of phenolic OH excluding ortho intramolecular Hbond substituents is 3. The molecule has 34 heavy (non-hydrogen) atoms. The molecule has 0 spiro atoms. The number of aliphatic hydroxyl groups excluding tert-OH is 1. The Balaban J connectivity index is 1.62. The molecule has 1 aliphatic heterocycles. The summed E-state index contributed by atoms with van der Waals surface area (Å²) in [6.45, 7) is 10.2. The lowest BCUT2D eigenvalue weighted by atomic mass is 9.57. The molecule has 182 valence electrons. The quantitative estimate of drug-likeness (QED) is 0.330. The standard InChI is InChI=1S/C29H36O5/c1-17(2)6-9-21-22(30)13-19(14-23(21)31)8-7-18-12-20-16-25-28(3,4)26(33)10-11-29(25,5)34-27(20)24(32)15-18/h6-8,12-15,25-26,30-33H,9-11,16H2,1-5H3/b8-7+/t25-,26-,29-/m1/s1. The minimum absolute atomic E-state index is 0.0520. The van der Waals surface area contributed by atoms with Gasteiger partial charge in [-0.1, -0.05) is 37.6 Å². The lowest BCUT2D eigenvalue weighted by Gasteiger charge is -2.55. The zero-order chi connectivity index (χ0) is 24.8. The zero-order valence-corrected chi connectivity index (χ0v) is 20.7. The third-order valence-electron chi connectivity index (χ3n) is 7.74. The first kappa shape index (κ1) is 24.2. The second-order valence-corrected chi connectivity index (χ2v) is 10.9. The molecule has 2 aromatic rings. The van der Waals surface area contributed by atoms with Crippen LogP contribution in [0.3, 0.4) is 0 Å². The largest absolute Gasteiger partial charge is 0.507 e. The van der Waals surface area contributed by atoms with Crippen molar-refractivity contribution < 1.29 is 25.2 Å². The minimum atomic E-state index is -0.424. The number of hydrogen-bond acceptors (Lipinski definition) is 5. The smallest absolute Gasteiger partial charge is 0.164 e. The third-order valence-corrected chi connectivity index (χ3v) is 7.74. The van der Waals surface area contributed by atoms with Gasteiger partial charge in [-0.05, 0) is 92.8 Å². The van der Waals surface area contributed by atoms with Gasteiger partial charge < -0.3 is 25.2 Å². The molecule has 2 aromatic carbocycles. The summed E-state index contributed by atoms with van der Waals surface area (Å²) < 4.78 is 6.38. The van der Waals surface area contributed by atoms with E-state index in [1.165, 1.54) is 0 Å². The molecule has 0 unspecified atom stereocenters. The van der Waals surface area contributed by atoms with E-state index in [-0.39, 0.29) is 34.7 Å². The number of aromatic hydroxyl groups is 3. The van der Waals surface area contributed by atoms with E-state index in [0.717, 1.165) is 23.1 Å². The minimum Gasteiger partial charge on any atom is -0.507 e. The van der Waals surface area contributed by atoms with Crippen LogP contribution in [0.4, 0.5) is 0 Å². The van der Waals surface area contributed by atoms with E-state index in [4.69, 9.17) is 4.74 Å². The molecule has 4 N–H and O–H groups in total. The van der Waals surface area contributed by atoms with E-state index in [9.17, 15) is 20.4 Å². The van der Waals surface area contributed by atoms with Crippen molar-refractivity contribution in [1.82, 2.24) is 0 Å². The normalized spacial score (nSPS) is 25.4. The number of rotatable bonds is 4. The van der Waals surface area contributed by atoms with Crippen LogP contribution in [0.2, 0.25) is 0 Å². The van der Waals surface area contributed by atoms with Gasteiger partial charge in [-0.3, -0.25) is 0 Å². The summed E-state index contributed by atoms with van der Waals surface area (Å²) in [5.41, 5.74) is 3.28. The van der Waals surface area contributed by atoms with E-state index < -0.39 is 5.60 Å². The molecule has 4 rings (SSSR count). The van der Waals surface area contributed by atoms with Crippen molar-refractivity contribution in [2.24, 2.45) is 11.3 Å². The third kappa shape index (κ3) is 4.41. The van der Waals surface area contributed by atoms with E-state index >= 15 is 0 Å². The first-order chi connectivity index (χ1) is 15.9. The molecule has 0 aromatic heterocycles. The lowest BCUT2D eigenvalue weighted by molar-refractivity contribution is -0.138. The van der Waals surface area contributed by atoms with E-state index in [2.05, 4.69) is 20.8 Å². The molecule has 0 bridgehead atoms. The van der Waals surface area contributed by atoms with Gasteiger partial charge in [-0.25, -0.2) is 0 Å². The molecule has 0 radical (unpaired) electrons. The number of ether oxygens (including phenoxy) is 1. The molecular formula is C29H36O5. The summed E-state index contributed by atoms with van der Waals surface area (Å²) in [4.78, 5) is 0. The van der Waals surface area contributed by atoms with Crippen LogP contribution in [0.15, 0.2) is 35.9 Å². The number of fused-ring (bicyclic) bond motifs is 2. The monoisotopic (exact) mass is 464 g/mol. The van der Waals surface area contributed by atoms with Crippen molar-refractivity contribution in [2.75, 3.05) is 0 Å². The highest BCUT2D eigenvalue weighted by molar-refractivity contribution is 5.73. The van der Waals surface area contributed by atoms with Crippen LogP contribution in [0.1, 0.15) is 69.7 Å². The lowest BCUT2D eigenvalue weighted by Crippen LogP contribution is -2.58. The van der Waals surface area contributed by atoms with Crippen LogP contribution in [0.5, 0.6) is 23.0 Å². The summed E-state index contributed by atoms with van der Waals surface area (Å²) in [6, 6.07) is 6.93. The van der Waals surface area contributed by atoms with Gasteiger partial charge in [0.15, 0.2) is 11.5 Å². The van der Waals surface area contributed by atoms with Crippen LogP contribution < -0.4 is 4.74 Å². The van der Waals surface area contributed by atoms with E-state index in [0.29, 0.717) is 36.1 Å². The Labute approximate surface area is 202 Å². The fourth-order valence-electron chi connectivity index (χ4n) is 5.57. The maximum atomic E-state index is 10.8. The predicted molar refractivity (Wildman–Crippen MR) is 135 cm³/mol. The summed E-state index contributed by atoms with van der Waals surface area (Å²) in [5, 5.41) is 42.2. The average Bonchev–Trinajstić information content (AvgIpc) is 2.74. The molecule has 0 saturated heterocycles.